The fourth-order valence-electron chi connectivity index (χ4n) is 2.99. The Bertz CT molecular complexity index is 1240. The maximum Gasteiger partial charge on any atom is 0.294 e. The van der Waals surface area contributed by atoms with Gasteiger partial charge in [0, 0.05) is 5.69 Å². The van der Waals surface area contributed by atoms with Crippen molar-refractivity contribution in [2.24, 2.45) is 0 Å². The number of benzene rings is 2. The minimum absolute atomic E-state index is 0.0726. The largest absolute Gasteiger partial charge is 0.467 e. The predicted molar refractivity (Wildman–Crippen MR) is 111 cm³/mol. The lowest BCUT2D eigenvalue weighted by Gasteiger charge is -2.21. The van der Waals surface area contributed by atoms with E-state index >= 15 is 0 Å². The SMILES string of the molecule is Cc1ccc(N(Cc2ccco2)C(=O)c2ccc(S(=O)(=O)c3ccccc3)o2)cc1. The summed E-state index contributed by atoms with van der Waals surface area (Å²) in [6.07, 6.45) is 1.53. The number of carbonyl (C=O) groups is 1. The van der Waals surface area contributed by atoms with Crippen molar-refractivity contribution >= 4 is 21.4 Å². The lowest BCUT2D eigenvalue weighted by Crippen LogP contribution is -2.30. The Morgan fingerprint density at radius 3 is 2.30 bits per heavy atom. The van der Waals surface area contributed by atoms with Crippen molar-refractivity contribution in [3.8, 4) is 0 Å². The fraction of sp³-hybridized carbons (Fsp3) is 0.0870. The Hall–Kier alpha value is -3.58. The summed E-state index contributed by atoms with van der Waals surface area (Å²) in [4.78, 5) is 14.8. The highest BCUT2D eigenvalue weighted by Gasteiger charge is 2.26. The van der Waals surface area contributed by atoms with E-state index in [1.807, 2.05) is 31.2 Å². The molecule has 0 saturated heterocycles. The molecule has 0 radical (unpaired) electrons. The quantitative estimate of drug-likeness (QED) is 0.444. The van der Waals surface area contributed by atoms with Crippen molar-refractivity contribution in [2.75, 3.05) is 4.90 Å². The minimum Gasteiger partial charge on any atom is -0.467 e. The normalized spacial score (nSPS) is 11.4. The van der Waals surface area contributed by atoms with Crippen molar-refractivity contribution < 1.29 is 22.0 Å². The smallest absolute Gasteiger partial charge is 0.294 e. The van der Waals surface area contributed by atoms with E-state index in [0.717, 1.165) is 5.56 Å². The Labute approximate surface area is 174 Å². The molecule has 7 heteroatoms. The van der Waals surface area contributed by atoms with E-state index in [-0.39, 0.29) is 22.3 Å². The van der Waals surface area contributed by atoms with Gasteiger partial charge in [0.2, 0.25) is 14.9 Å². The van der Waals surface area contributed by atoms with E-state index in [4.69, 9.17) is 8.83 Å². The van der Waals surface area contributed by atoms with Crippen molar-refractivity contribution in [3.63, 3.8) is 0 Å². The van der Waals surface area contributed by atoms with E-state index in [0.29, 0.717) is 11.4 Å². The second-order valence-corrected chi connectivity index (χ2v) is 8.62. The first kappa shape index (κ1) is 19.7. The highest BCUT2D eigenvalue weighted by molar-refractivity contribution is 7.91. The molecule has 2 aromatic heterocycles. The van der Waals surface area contributed by atoms with Gasteiger partial charge >= 0.3 is 0 Å². The van der Waals surface area contributed by atoms with Gasteiger partial charge in [-0.25, -0.2) is 8.42 Å². The molecule has 0 atom stereocenters. The molecule has 0 saturated carbocycles. The molecule has 30 heavy (non-hydrogen) atoms. The molecule has 4 rings (SSSR count). The third-order valence-electron chi connectivity index (χ3n) is 4.60. The van der Waals surface area contributed by atoms with E-state index in [1.165, 1.54) is 35.4 Å². The van der Waals surface area contributed by atoms with Crippen molar-refractivity contribution in [1.29, 1.82) is 0 Å². The molecule has 0 bridgehead atoms. The van der Waals surface area contributed by atoms with Crippen LogP contribution >= 0.6 is 0 Å². The van der Waals surface area contributed by atoms with E-state index in [1.54, 1.807) is 30.3 Å². The maximum atomic E-state index is 13.2. The number of aryl methyl sites for hydroxylation is 1. The number of rotatable bonds is 6. The van der Waals surface area contributed by atoms with E-state index < -0.39 is 15.7 Å². The van der Waals surface area contributed by atoms with Crippen molar-refractivity contribution in [3.05, 3.63) is 102 Å². The van der Waals surface area contributed by atoms with Gasteiger partial charge in [0.05, 0.1) is 17.7 Å². The first-order valence-electron chi connectivity index (χ1n) is 9.26. The summed E-state index contributed by atoms with van der Waals surface area (Å²) in [5.74, 6) is 0.0500. The molecule has 0 N–H and O–H groups in total. The number of nitrogens with zero attached hydrogens (tertiary/aromatic N) is 1. The Balaban J connectivity index is 1.68. The second-order valence-electron chi connectivity index (χ2n) is 6.74. The topological polar surface area (TPSA) is 80.7 Å². The molecule has 0 unspecified atom stereocenters. The van der Waals surface area contributed by atoms with E-state index in [9.17, 15) is 13.2 Å². The maximum absolute atomic E-state index is 13.2. The summed E-state index contributed by atoms with van der Waals surface area (Å²) >= 11 is 0. The highest BCUT2D eigenvalue weighted by atomic mass is 32.2. The number of carbonyl (C=O) groups excluding carboxylic acids is 1. The highest BCUT2D eigenvalue weighted by Crippen LogP contribution is 2.26. The number of hydrogen-bond acceptors (Lipinski definition) is 5. The van der Waals surface area contributed by atoms with Crippen LogP contribution in [-0.2, 0) is 16.4 Å². The monoisotopic (exact) mass is 421 g/mol. The van der Waals surface area contributed by atoms with Gasteiger partial charge in [0.15, 0.2) is 5.76 Å². The van der Waals surface area contributed by atoms with Crippen LogP contribution in [0.2, 0.25) is 0 Å². The molecule has 0 aliphatic heterocycles. The molecule has 6 nitrogen and oxygen atoms in total. The number of anilines is 1. The van der Waals surface area contributed by atoms with Crippen LogP contribution in [0, 0.1) is 6.92 Å². The van der Waals surface area contributed by atoms with Gasteiger partial charge in [0.25, 0.3) is 5.91 Å². The average Bonchev–Trinajstić information content (AvgIpc) is 3.45. The zero-order valence-corrected chi connectivity index (χ0v) is 17.0. The summed E-state index contributed by atoms with van der Waals surface area (Å²) in [5.41, 5.74) is 1.70. The van der Waals surface area contributed by atoms with Crippen LogP contribution in [0.25, 0.3) is 0 Å². The first-order chi connectivity index (χ1) is 14.4. The molecule has 2 heterocycles. The van der Waals surface area contributed by atoms with Gasteiger partial charge in [-0.15, -0.1) is 0 Å². The van der Waals surface area contributed by atoms with Crippen LogP contribution in [-0.4, -0.2) is 14.3 Å². The molecule has 0 aliphatic rings. The summed E-state index contributed by atoms with van der Waals surface area (Å²) in [5, 5.41) is -0.279. The molecule has 0 aliphatic carbocycles. The van der Waals surface area contributed by atoms with Crippen LogP contribution in [0.5, 0.6) is 0 Å². The third kappa shape index (κ3) is 3.92. The third-order valence-corrected chi connectivity index (χ3v) is 6.24. The van der Waals surface area contributed by atoms with Crippen molar-refractivity contribution in [2.45, 2.75) is 23.5 Å². The van der Waals surface area contributed by atoms with Gasteiger partial charge in [-0.2, -0.15) is 0 Å². The zero-order chi connectivity index (χ0) is 21.1. The van der Waals surface area contributed by atoms with Crippen LogP contribution in [0.1, 0.15) is 21.9 Å². The van der Waals surface area contributed by atoms with Crippen LogP contribution in [0.15, 0.2) is 104 Å². The Kier molecular flexibility index (Phi) is 5.29. The second kappa shape index (κ2) is 8.04. The lowest BCUT2D eigenvalue weighted by atomic mass is 10.2. The summed E-state index contributed by atoms with van der Waals surface area (Å²) < 4.78 is 36.4. The average molecular weight is 421 g/mol. The summed E-state index contributed by atoms with van der Waals surface area (Å²) in [7, 11) is -3.85. The molecule has 152 valence electrons. The van der Waals surface area contributed by atoms with Gasteiger partial charge in [-0.05, 0) is 55.5 Å². The van der Waals surface area contributed by atoms with Crippen LogP contribution < -0.4 is 4.90 Å². The number of amides is 1. The lowest BCUT2D eigenvalue weighted by molar-refractivity contribution is 0.0951. The van der Waals surface area contributed by atoms with Gasteiger partial charge in [-0.3, -0.25) is 9.69 Å². The number of hydrogen-bond donors (Lipinski definition) is 0. The van der Waals surface area contributed by atoms with E-state index in [2.05, 4.69) is 0 Å². The number of furan rings is 2. The van der Waals surface area contributed by atoms with Crippen molar-refractivity contribution in [1.82, 2.24) is 0 Å². The summed E-state index contributed by atoms with van der Waals surface area (Å²) in [6, 6.07) is 21.6. The van der Waals surface area contributed by atoms with Gasteiger partial charge < -0.3 is 8.83 Å². The van der Waals surface area contributed by atoms with Crippen LogP contribution in [0.3, 0.4) is 0 Å². The summed E-state index contributed by atoms with van der Waals surface area (Å²) in [6.45, 7) is 2.13. The molecule has 4 aromatic rings. The fourth-order valence-corrected chi connectivity index (χ4v) is 4.19. The molecule has 0 spiro atoms. The minimum atomic E-state index is -3.85. The molecular formula is C23H19NO5S. The Morgan fingerprint density at radius 1 is 0.900 bits per heavy atom. The zero-order valence-electron chi connectivity index (χ0n) is 16.2. The molecular weight excluding hydrogens is 402 g/mol. The van der Waals surface area contributed by atoms with Gasteiger partial charge in [0.1, 0.15) is 5.76 Å². The molecule has 2 aromatic carbocycles. The Morgan fingerprint density at radius 2 is 1.63 bits per heavy atom. The molecule has 1 amide bonds. The predicted octanol–water partition coefficient (Wildman–Crippen LogP) is 4.86. The molecule has 0 fully saturated rings. The van der Waals surface area contributed by atoms with Crippen LogP contribution in [0.4, 0.5) is 5.69 Å². The van der Waals surface area contributed by atoms with Gasteiger partial charge in [-0.1, -0.05) is 35.9 Å². The standard InChI is InChI=1S/C23H19NO5S/c1-17-9-11-18(12-10-17)24(16-19-6-5-15-28-19)23(25)21-13-14-22(29-21)30(26,27)20-7-3-2-4-8-20/h2-15H,16H2,1H3. The number of sulfone groups is 1. The first-order valence-corrected chi connectivity index (χ1v) is 10.7.